The molecule has 2 aliphatic heterocycles. The quantitative estimate of drug-likeness (QED) is 0.0193. The van der Waals surface area contributed by atoms with Crippen LogP contribution in [0.25, 0.3) is 33.4 Å². The topological polar surface area (TPSA) is 233 Å². The van der Waals surface area contributed by atoms with Gasteiger partial charge in [0.25, 0.3) is 26.1 Å². The van der Waals surface area contributed by atoms with Crippen LogP contribution in [-0.4, -0.2) is 86.4 Å². The summed E-state index contributed by atoms with van der Waals surface area (Å²) in [7, 11) is -8.87. The van der Waals surface area contributed by atoms with Crippen molar-refractivity contribution in [3.05, 3.63) is 64.5 Å². The second-order valence-electron chi connectivity index (χ2n) is 12.7. The molecule has 0 aromatic heterocycles. The molecule has 2 heterocycles. The van der Waals surface area contributed by atoms with Crippen molar-refractivity contribution in [3.63, 3.8) is 0 Å². The lowest BCUT2D eigenvalue weighted by atomic mass is 9.88. The van der Waals surface area contributed by atoms with Crippen molar-refractivity contribution in [3.8, 4) is 22.5 Å². The Balaban J connectivity index is 1.71. The van der Waals surface area contributed by atoms with Crippen LogP contribution in [0.4, 0.5) is 5.69 Å². The predicted octanol–water partition coefficient (Wildman–Crippen LogP) is 2.79. The molecule has 0 unspecified atom stereocenters. The van der Waals surface area contributed by atoms with Gasteiger partial charge in [0, 0.05) is 78.4 Å². The van der Waals surface area contributed by atoms with Crippen LogP contribution >= 0.6 is 12.9 Å². The SMILES string of the molecule is Cc1cc2c(-c3cc(S(=O)(=O)O)ccc3C(=O)N3CCC(C(=O)O)CC3)c3cc(C)c(=[NH+]CCCOOOS)cc-3oc2cc1NCCCS(=O)(=O)O. The van der Waals surface area contributed by atoms with Gasteiger partial charge in [-0.05, 0) is 74.6 Å². The van der Waals surface area contributed by atoms with Crippen LogP contribution in [0.5, 0.6) is 0 Å². The number of fused-ring (bicyclic) bond motifs is 2. The van der Waals surface area contributed by atoms with Gasteiger partial charge in [-0.15, -0.1) is 4.33 Å². The average molecular weight is 795 g/mol. The van der Waals surface area contributed by atoms with Gasteiger partial charge in [0.2, 0.25) is 5.36 Å². The van der Waals surface area contributed by atoms with Gasteiger partial charge in [-0.2, -0.15) is 16.8 Å². The Hall–Kier alpha value is -4.08. The molecule has 0 radical (unpaired) electrons. The van der Waals surface area contributed by atoms with Crippen LogP contribution in [0.15, 0.2) is 51.8 Å². The Morgan fingerprint density at radius 2 is 1.74 bits per heavy atom. The Labute approximate surface area is 311 Å². The number of aryl methyl sites for hydroxylation is 2. The molecule has 1 saturated heterocycles. The van der Waals surface area contributed by atoms with Gasteiger partial charge >= 0.3 is 5.97 Å². The first-order valence-corrected chi connectivity index (χ1v) is 20.0. The van der Waals surface area contributed by atoms with E-state index < -0.39 is 48.7 Å². The minimum Gasteiger partial charge on any atom is -0.481 e. The number of rotatable bonds is 15. The largest absolute Gasteiger partial charge is 0.481 e. The number of benzene rings is 3. The molecular weight excluding hydrogens is 755 g/mol. The van der Waals surface area contributed by atoms with Crippen LogP contribution in [0.2, 0.25) is 0 Å². The molecule has 0 spiro atoms. The fraction of sp³-hybridized carbons (Fsp3) is 0.382. The minimum absolute atomic E-state index is 0.126. The molecule has 1 aliphatic carbocycles. The lowest BCUT2D eigenvalue weighted by Gasteiger charge is -2.31. The summed E-state index contributed by atoms with van der Waals surface area (Å²) < 4.78 is 77.3. The summed E-state index contributed by atoms with van der Waals surface area (Å²) in [4.78, 5) is 35.0. The second kappa shape index (κ2) is 16.9. The molecule has 19 heteroatoms. The number of nitrogens with one attached hydrogen (secondary N) is 2. The smallest absolute Gasteiger partial charge is 0.306 e. The number of thiol groups is 1. The monoisotopic (exact) mass is 794 g/mol. The van der Waals surface area contributed by atoms with E-state index in [9.17, 15) is 36.1 Å². The second-order valence-corrected chi connectivity index (χ2v) is 15.8. The number of carboxylic acids is 1. The van der Waals surface area contributed by atoms with E-state index >= 15 is 0 Å². The summed E-state index contributed by atoms with van der Waals surface area (Å²) >= 11 is 3.44. The van der Waals surface area contributed by atoms with Crippen LogP contribution < -0.4 is 15.7 Å². The van der Waals surface area contributed by atoms with Gasteiger partial charge in [-0.1, -0.05) is 5.04 Å². The lowest BCUT2D eigenvalue weighted by molar-refractivity contribution is -0.508. The van der Waals surface area contributed by atoms with Crippen molar-refractivity contribution in [1.82, 2.24) is 4.90 Å². The third-order valence-corrected chi connectivity index (χ3v) is 10.7. The van der Waals surface area contributed by atoms with Crippen molar-refractivity contribution in [1.29, 1.82) is 0 Å². The highest BCUT2D eigenvalue weighted by molar-refractivity contribution is 7.86. The number of likely N-dealkylation sites (tertiary alicyclic amines) is 1. The Morgan fingerprint density at radius 3 is 2.40 bits per heavy atom. The van der Waals surface area contributed by atoms with E-state index in [0.717, 1.165) is 11.6 Å². The van der Waals surface area contributed by atoms with Crippen molar-refractivity contribution in [2.24, 2.45) is 5.92 Å². The number of hydrogen-bond acceptors (Lipinski definition) is 12. The minimum atomic E-state index is -4.72. The standard InChI is InChI=1S/C34H39N3O13S3/c1-20-15-26-30(18-28(20)35-9-3-13-47-49-50-51)48-31-19-29(36-10-4-14-52(41,42)43)21(2)16-27(31)32(26)25-17-23(53(44,45)46)5-6-24(25)33(38)37-11-7-22(8-12-37)34(39)40/h5-6,15-19,22,36,51H,3-4,7-14H2,1-2H3,(H,39,40)(H,41,42,43)(H,44,45,46)/p+1. The van der Waals surface area contributed by atoms with Gasteiger partial charge in [-0.25, -0.2) is 9.88 Å². The van der Waals surface area contributed by atoms with Gasteiger partial charge in [-0.3, -0.25) is 18.7 Å². The molecule has 3 aliphatic rings. The molecule has 1 amide bonds. The third kappa shape index (κ3) is 9.92. The normalized spacial score (nSPS) is 14.7. The number of aliphatic carboxylic acids is 1. The van der Waals surface area contributed by atoms with Gasteiger partial charge in [0.05, 0.1) is 29.2 Å². The summed E-state index contributed by atoms with van der Waals surface area (Å²) in [6.07, 6.45) is 1.16. The number of anilines is 1. The molecule has 1 fully saturated rings. The summed E-state index contributed by atoms with van der Waals surface area (Å²) in [6.45, 7) is 4.91. The highest BCUT2D eigenvalue weighted by Gasteiger charge is 2.31. The van der Waals surface area contributed by atoms with Crippen molar-refractivity contribution in [2.75, 3.05) is 43.9 Å². The zero-order valence-electron chi connectivity index (χ0n) is 28.8. The maximum absolute atomic E-state index is 14.2. The Bertz CT molecular complexity index is 2270. The van der Waals surface area contributed by atoms with Crippen LogP contribution in [0.3, 0.4) is 0 Å². The van der Waals surface area contributed by atoms with E-state index in [0.29, 0.717) is 57.4 Å². The highest BCUT2D eigenvalue weighted by Crippen LogP contribution is 2.44. The van der Waals surface area contributed by atoms with Crippen LogP contribution in [-0.2, 0) is 39.3 Å². The third-order valence-electron chi connectivity index (χ3n) is 9.02. The summed E-state index contributed by atoms with van der Waals surface area (Å²) in [5.74, 6) is -2.03. The van der Waals surface area contributed by atoms with E-state index in [2.05, 4.69) is 32.6 Å². The first-order valence-electron chi connectivity index (χ1n) is 16.6. The zero-order chi connectivity index (χ0) is 38.5. The fourth-order valence-corrected chi connectivity index (χ4v) is 7.39. The zero-order valence-corrected chi connectivity index (χ0v) is 31.4. The molecule has 0 saturated carbocycles. The fourth-order valence-electron chi connectivity index (χ4n) is 6.33. The molecule has 2 aromatic carbocycles. The van der Waals surface area contributed by atoms with Crippen LogP contribution in [0, 0.1) is 19.8 Å². The molecule has 0 bridgehead atoms. The number of amides is 1. The molecule has 53 heavy (non-hydrogen) atoms. The van der Waals surface area contributed by atoms with Gasteiger partial charge in [0.1, 0.15) is 17.9 Å². The molecular formula is C34H40N3O13S3+. The number of carbonyl (C=O) groups excluding carboxylic acids is 1. The van der Waals surface area contributed by atoms with Gasteiger partial charge < -0.3 is 19.7 Å². The van der Waals surface area contributed by atoms with E-state index in [4.69, 9.17) is 13.9 Å². The molecule has 5 rings (SSSR count). The Kier molecular flexibility index (Phi) is 12.8. The molecule has 0 atom stereocenters. The molecule has 286 valence electrons. The van der Waals surface area contributed by atoms with Crippen molar-refractivity contribution < 1.29 is 64.3 Å². The number of carboxylic acid groups (broad SMARTS) is 1. The number of carbonyl (C=O) groups is 2. The number of nitrogens with zero attached hydrogens (tertiary/aromatic N) is 1. The van der Waals surface area contributed by atoms with E-state index in [1.807, 2.05) is 13.0 Å². The highest BCUT2D eigenvalue weighted by atomic mass is 32.2. The van der Waals surface area contributed by atoms with Crippen LogP contribution in [0.1, 0.15) is 47.2 Å². The van der Waals surface area contributed by atoms with Crippen molar-refractivity contribution >= 4 is 61.7 Å². The molecule has 5 N–H and O–H groups in total. The lowest BCUT2D eigenvalue weighted by Crippen LogP contribution is -2.77. The van der Waals surface area contributed by atoms with E-state index in [1.54, 1.807) is 25.1 Å². The predicted molar refractivity (Wildman–Crippen MR) is 194 cm³/mol. The van der Waals surface area contributed by atoms with Gasteiger partial charge in [0.15, 0.2) is 0 Å². The molecule has 2 aromatic rings. The summed E-state index contributed by atoms with van der Waals surface area (Å²) in [5, 5.41) is 18.2. The average Bonchev–Trinajstić information content (AvgIpc) is 3.10. The van der Waals surface area contributed by atoms with E-state index in [1.165, 1.54) is 17.0 Å². The number of piperidine rings is 1. The first kappa shape index (κ1) is 40.1. The van der Waals surface area contributed by atoms with Crippen molar-refractivity contribution in [2.45, 2.75) is 44.4 Å². The molecule has 16 nitrogen and oxygen atoms in total. The summed E-state index contributed by atoms with van der Waals surface area (Å²) in [6, 6.07) is 10.9. The first-order chi connectivity index (χ1) is 25.1. The van der Waals surface area contributed by atoms with E-state index in [-0.39, 0.29) is 56.6 Å². The summed E-state index contributed by atoms with van der Waals surface area (Å²) in [5.41, 5.74) is 3.74. The maximum atomic E-state index is 14.2. The number of hydrogen-bond donors (Lipinski definition) is 6. The Morgan fingerprint density at radius 1 is 1.00 bits per heavy atom. The maximum Gasteiger partial charge on any atom is 0.306 e.